The maximum absolute atomic E-state index is 12.5. The summed E-state index contributed by atoms with van der Waals surface area (Å²) < 4.78 is 0. The van der Waals surface area contributed by atoms with Gasteiger partial charge in [0.2, 0.25) is 0 Å². The molecule has 4 rings (SSSR count). The van der Waals surface area contributed by atoms with E-state index in [0.29, 0.717) is 30.5 Å². The van der Waals surface area contributed by atoms with Crippen molar-refractivity contribution in [2.75, 3.05) is 0 Å². The van der Waals surface area contributed by atoms with Gasteiger partial charge in [-0.05, 0) is 61.9 Å². The molecule has 0 radical (unpaired) electrons. The van der Waals surface area contributed by atoms with Crippen LogP contribution in [0, 0.1) is 28.6 Å². The highest BCUT2D eigenvalue weighted by Gasteiger charge is 2.62. The van der Waals surface area contributed by atoms with Gasteiger partial charge in [0, 0.05) is 24.2 Å². The van der Waals surface area contributed by atoms with Gasteiger partial charge in [-0.3, -0.25) is 9.59 Å². The lowest BCUT2D eigenvalue weighted by molar-refractivity contribution is -0.134. The summed E-state index contributed by atoms with van der Waals surface area (Å²) in [5.74, 6) is 1.69. The molecule has 6 atom stereocenters. The van der Waals surface area contributed by atoms with E-state index in [1.807, 2.05) is 6.92 Å². The van der Waals surface area contributed by atoms with Gasteiger partial charge >= 0.3 is 0 Å². The molecule has 0 heterocycles. The van der Waals surface area contributed by atoms with E-state index in [9.17, 15) is 14.7 Å². The van der Waals surface area contributed by atoms with Gasteiger partial charge in [-0.25, -0.2) is 0 Å². The number of rotatable bonds is 0. The molecule has 126 valence electrons. The number of aliphatic hydroxyl groups is 1. The third-order valence-electron chi connectivity index (χ3n) is 8.11. The lowest BCUT2D eigenvalue weighted by Crippen LogP contribution is -2.52. The predicted molar refractivity (Wildman–Crippen MR) is 87.7 cm³/mol. The van der Waals surface area contributed by atoms with Crippen molar-refractivity contribution in [2.45, 2.75) is 71.8 Å². The summed E-state index contributed by atoms with van der Waals surface area (Å²) in [7, 11) is 0. The van der Waals surface area contributed by atoms with Crippen LogP contribution in [0.1, 0.15) is 65.7 Å². The Morgan fingerprint density at radius 3 is 2.52 bits per heavy atom. The zero-order chi connectivity index (χ0) is 16.6. The molecule has 3 fully saturated rings. The summed E-state index contributed by atoms with van der Waals surface area (Å²) >= 11 is 0. The molecule has 23 heavy (non-hydrogen) atoms. The van der Waals surface area contributed by atoms with E-state index in [-0.39, 0.29) is 22.5 Å². The van der Waals surface area contributed by atoms with Gasteiger partial charge in [0.15, 0.2) is 5.78 Å². The van der Waals surface area contributed by atoms with Crippen molar-refractivity contribution < 1.29 is 14.7 Å². The van der Waals surface area contributed by atoms with Gasteiger partial charge in [-0.15, -0.1) is 0 Å². The van der Waals surface area contributed by atoms with Crippen molar-refractivity contribution in [3.8, 4) is 0 Å². The van der Waals surface area contributed by atoms with Crippen LogP contribution in [0.4, 0.5) is 0 Å². The Kier molecular flexibility index (Phi) is 3.23. The number of hydrogen-bond acceptors (Lipinski definition) is 3. The quantitative estimate of drug-likeness (QED) is 0.745. The predicted octanol–water partition coefficient (Wildman–Crippen LogP) is 3.45. The van der Waals surface area contributed by atoms with Crippen LogP contribution in [0.3, 0.4) is 0 Å². The maximum Gasteiger partial charge on any atom is 0.158 e. The van der Waals surface area contributed by atoms with E-state index in [1.54, 1.807) is 0 Å². The molecule has 3 nitrogen and oxygen atoms in total. The number of carbonyl (C=O) groups is 2. The lowest BCUT2D eigenvalue weighted by atomic mass is 9.46. The first-order chi connectivity index (χ1) is 10.8. The molecule has 0 amide bonds. The Labute approximate surface area is 138 Å². The fourth-order valence-electron chi connectivity index (χ4n) is 6.82. The molecular formula is C20H28O3. The van der Waals surface area contributed by atoms with Gasteiger partial charge in [-0.2, -0.15) is 0 Å². The molecule has 1 N–H and O–H groups in total. The van der Waals surface area contributed by atoms with Crippen molar-refractivity contribution in [3.63, 3.8) is 0 Å². The third-order valence-corrected chi connectivity index (χ3v) is 8.11. The number of fused-ring (bicyclic) bond motifs is 5. The number of allylic oxidation sites excluding steroid dienone is 1. The Morgan fingerprint density at radius 1 is 1.04 bits per heavy atom. The minimum Gasteiger partial charge on any atom is -0.392 e. The minimum absolute atomic E-state index is 0.105. The highest BCUT2D eigenvalue weighted by Crippen LogP contribution is 2.64. The first-order valence-electron chi connectivity index (χ1n) is 9.24. The second-order valence-corrected chi connectivity index (χ2v) is 8.93. The highest BCUT2D eigenvalue weighted by molar-refractivity contribution is 5.96. The summed E-state index contributed by atoms with van der Waals surface area (Å²) in [5.41, 5.74) is 2.19. The SMILES string of the molecule is CC1=C2CC[C@H]3[C@@H]4[C@@H](O)CC(=O)[C@@]4(C)CC[C@@H]3[C@@]2(C)CCC1=O. The van der Waals surface area contributed by atoms with Crippen LogP contribution >= 0.6 is 0 Å². The van der Waals surface area contributed by atoms with Crippen LogP contribution < -0.4 is 0 Å². The molecule has 4 aliphatic carbocycles. The molecule has 0 spiro atoms. The topological polar surface area (TPSA) is 54.4 Å². The van der Waals surface area contributed by atoms with Crippen molar-refractivity contribution >= 4 is 11.6 Å². The van der Waals surface area contributed by atoms with Gasteiger partial charge < -0.3 is 5.11 Å². The first kappa shape index (κ1) is 15.6. The zero-order valence-corrected chi connectivity index (χ0v) is 14.5. The highest BCUT2D eigenvalue weighted by atomic mass is 16.3. The number of carbonyl (C=O) groups excluding carboxylic acids is 2. The largest absolute Gasteiger partial charge is 0.392 e. The maximum atomic E-state index is 12.5. The summed E-state index contributed by atoms with van der Waals surface area (Å²) in [4.78, 5) is 24.6. The Bertz CT molecular complexity index is 618. The van der Waals surface area contributed by atoms with Crippen molar-refractivity contribution in [1.29, 1.82) is 0 Å². The Balaban J connectivity index is 1.75. The fourth-order valence-corrected chi connectivity index (χ4v) is 6.82. The summed E-state index contributed by atoms with van der Waals surface area (Å²) in [6, 6.07) is 0. The van der Waals surface area contributed by atoms with Crippen LogP contribution in [-0.2, 0) is 9.59 Å². The molecule has 3 saturated carbocycles. The molecule has 0 bridgehead atoms. The fraction of sp³-hybridized carbons (Fsp3) is 0.800. The van der Waals surface area contributed by atoms with Gasteiger partial charge in [-0.1, -0.05) is 19.4 Å². The van der Waals surface area contributed by atoms with Gasteiger partial charge in [0.25, 0.3) is 0 Å². The monoisotopic (exact) mass is 316 g/mol. The lowest BCUT2D eigenvalue weighted by Gasteiger charge is -2.57. The Morgan fingerprint density at radius 2 is 1.78 bits per heavy atom. The molecular weight excluding hydrogens is 288 g/mol. The summed E-state index contributed by atoms with van der Waals surface area (Å²) in [5, 5.41) is 10.6. The normalized spacial score (nSPS) is 49.7. The van der Waals surface area contributed by atoms with E-state index in [0.717, 1.165) is 37.7 Å². The molecule has 4 aliphatic rings. The second-order valence-electron chi connectivity index (χ2n) is 8.93. The molecule has 3 heteroatoms. The molecule has 0 aromatic heterocycles. The molecule has 0 unspecified atom stereocenters. The van der Waals surface area contributed by atoms with Crippen LogP contribution in [0.25, 0.3) is 0 Å². The molecule has 0 aliphatic heterocycles. The van der Waals surface area contributed by atoms with Crippen LogP contribution in [-0.4, -0.2) is 22.8 Å². The smallest absolute Gasteiger partial charge is 0.158 e. The molecule has 0 saturated heterocycles. The number of hydrogen-bond donors (Lipinski definition) is 1. The van der Waals surface area contributed by atoms with Crippen LogP contribution in [0.2, 0.25) is 0 Å². The van der Waals surface area contributed by atoms with E-state index in [1.165, 1.54) is 5.57 Å². The number of aliphatic hydroxyl groups excluding tert-OH is 1. The van der Waals surface area contributed by atoms with Crippen molar-refractivity contribution in [2.24, 2.45) is 28.6 Å². The van der Waals surface area contributed by atoms with E-state index >= 15 is 0 Å². The molecule has 0 aromatic rings. The number of Topliss-reactive ketones (excluding diaryl/α,β-unsaturated/α-hetero) is 2. The van der Waals surface area contributed by atoms with E-state index in [2.05, 4.69) is 13.8 Å². The van der Waals surface area contributed by atoms with Crippen molar-refractivity contribution in [1.82, 2.24) is 0 Å². The van der Waals surface area contributed by atoms with E-state index < -0.39 is 6.10 Å². The third kappa shape index (κ3) is 1.86. The zero-order valence-electron chi connectivity index (χ0n) is 14.5. The van der Waals surface area contributed by atoms with Gasteiger partial charge in [0.1, 0.15) is 5.78 Å². The van der Waals surface area contributed by atoms with Gasteiger partial charge in [0.05, 0.1) is 6.10 Å². The van der Waals surface area contributed by atoms with Crippen LogP contribution in [0.5, 0.6) is 0 Å². The average molecular weight is 316 g/mol. The number of ketones is 2. The summed E-state index contributed by atoms with van der Waals surface area (Å²) in [6.45, 7) is 6.45. The summed E-state index contributed by atoms with van der Waals surface area (Å²) in [6.07, 6.45) is 5.49. The van der Waals surface area contributed by atoms with Crippen molar-refractivity contribution in [3.05, 3.63) is 11.1 Å². The Hall–Kier alpha value is -0.960. The molecule has 0 aromatic carbocycles. The second kappa shape index (κ2) is 4.78. The van der Waals surface area contributed by atoms with Crippen LogP contribution in [0.15, 0.2) is 11.1 Å². The standard InChI is InChI=1S/C20H28O3/c1-11-13-5-4-12-14(19(13,2)9-7-15(11)21)6-8-20(3)17(23)10-16(22)18(12)20/h12,14,16,18,22H,4-10H2,1-3H3/t12-,14+,16+,18-,19+,20-/m1/s1. The van der Waals surface area contributed by atoms with E-state index in [4.69, 9.17) is 0 Å². The minimum atomic E-state index is -0.458. The average Bonchev–Trinajstić information content (AvgIpc) is 2.73. The first-order valence-corrected chi connectivity index (χ1v) is 9.24.